The Hall–Kier alpha value is -0.0800. The molecule has 0 spiro atoms. The highest BCUT2D eigenvalue weighted by Gasteiger charge is 2.24. The third-order valence-corrected chi connectivity index (χ3v) is 5.84. The highest BCUT2D eigenvalue weighted by atomic mass is 15.1. The van der Waals surface area contributed by atoms with Gasteiger partial charge in [-0.3, -0.25) is 0 Å². The van der Waals surface area contributed by atoms with Gasteiger partial charge in [0.05, 0.1) is 0 Å². The van der Waals surface area contributed by atoms with Gasteiger partial charge in [0.1, 0.15) is 0 Å². The first kappa shape index (κ1) is 17.3. The Labute approximate surface area is 133 Å². The summed E-state index contributed by atoms with van der Waals surface area (Å²) in [6.45, 7) is 11.1. The minimum absolute atomic E-state index is 0.795. The van der Waals surface area contributed by atoms with E-state index in [0.29, 0.717) is 0 Å². The van der Waals surface area contributed by atoms with Crippen molar-refractivity contribution in [1.82, 2.24) is 10.2 Å². The molecule has 1 N–H and O–H groups in total. The van der Waals surface area contributed by atoms with Crippen LogP contribution in [-0.4, -0.2) is 36.6 Å². The fourth-order valence-electron chi connectivity index (χ4n) is 4.20. The third kappa shape index (κ3) is 5.90. The van der Waals surface area contributed by atoms with E-state index in [1.807, 2.05) is 0 Å². The fourth-order valence-corrected chi connectivity index (χ4v) is 4.20. The van der Waals surface area contributed by atoms with Gasteiger partial charge in [-0.25, -0.2) is 0 Å². The van der Waals surface area contributed by atoms with Gasteiger partial charge < -0.3 is 10.2 Å². The number of rotatable bonds is 6. The monoisotopic (exact) mass is 294 g/mol. The van der Waals surface area contributed by atoms with E-state index in [9.17, 15) is 0 Å². The molecule has 1 saturated carbocycles. The molecule has 1 saturated heterocycles. The molecule has 0 aromatic carbocycles. The summed E-state index contributed by atoms with van der Waals surface area (Å²) < 4.78 is 0. The Morgan fingerprint density at radius 1 is 0.952 bits per heavy atom. The molecule has 2 rings (SSSR count). The van der Waals surface area contributed by atoms with Crippen molar-refractivity contribution >= 4 is 0 Å². The van der Waals surface area contributed by atoms with Crippen LogP contribution in [0.5, 0.6) is 0 Å². The minimum Gasteiger partial charge on any atom is -0.311 e. The lowest BCUT2D eigenvalue weighted by Gasteiger charge is -2.34. The molecule has 2 atom stereocenters. The SMILES string of the molecule is CCCCN1CCC(NC2CCCC(C(C)C)CC2)CC1. The second-order valence-electron chi connectivity index (χ2n) is 7.85. The molecular formula is C19H38N2. The number of piperidine rings is 1. The van der Waals surface area contributed by atoms with Gasteiger partial charge in [-0.15, -0.1) is 0 Å². The number of unbranched alkanes of at least 4 members (excludes halogenated alkanes) is 1. The Morgan fingerprint density at radius 2 is 1.67 bits per heavy atom. The van der Waals surface area contributed by atoms with E-state index in [-0.39, 0.29) is 0 Å². The summed E-state index contributed by atoms with van der Waals surface area (Å²) in [7, 11) is 0. The normalized spacial score (nSPS) is 29.7. The predicted octanol–water partition coefficient (Wildman–Crippen LogP) is 4.45. The second kappa shape index (κ2) is 9.15. The van der Waals surface area contributed by atoms with Gasteiger partial charge in [-0.1, -0.05) is 40.0 Å². The zero-order valence-corrected chi connectivity index (χ0v) is 14.7. The van der Waals surface area contributed by atoms with E-state index >= 15 is 0 Å². The summed E-state index contributed by atoms with van der Waals surface area (Å²) in [5.41, 5.74) is 0. The Kier molecular flexibility index (Phi) is 7.53. The lowest BCUT2D eigenvalue weighted by atomic mass is 9.89. The van der Waals surface area contributed by atoms with Crippen LogP contribution in [0.2, 0.25) is 0 Å². The van der Waals surface area contributed by atoms with Crippen molar-refractivity contribution in [2.45, 2.75) is 90.6 Å². The molecule has 1 aliphatic heterocycles. The van der Waals surface area contributed by atoms with Crippen LogP contribution in [0.1, 0.15) is 78.6 Å². The first-order valence-electron chi connectivity index (χ1n) is 9.67. The lowest BCUT2D eigenvalue weighted by Crippen LogP contribution is -2.46. The Morgan fingerprint density at radius 3 is 2.33 bits per heavy atom. The van der Waals surface area contributed by atoms with Crippen LogP contribution in [0.3, 0.4) is 0 Å². The van der Waals surface area contributed by atoms with Crippen molar-refractivity contribution in [3.8, 4) is 0 Å². The maximum Gasteiger partial charge on any atom is 0.00940 e. The molecule has 2 unspecified atom stereocenters. The summed E-state index contributed by atoms with van der Waals surface area (Å²) in [6.07, 6.45) is 12.6. The average Bonchev–Trinajstić information content (AvgIpc) is 2.72. The van der Waals surface area contributed by atoms with Gasteiger partial charge >= 0.3 is 0 Å². The van der Waals surface area contributed by atoms with E-state index in [1.165, 1.54) is 77.4 Å². The van der Waals surface area contributed by atoms with Crippen LogP contribution in [0.4, 0.5) is 0 Å². The summed E-state index contributed by atoms with van der Waals surface area (Å²) in [5.74, 6) is 1.86. The highest BCUT2D eigenvalue weighted by Crippen LogP contribution is 2.29. The maximum absolute atomic E-state index is 4.01. The number of nitrogens with one attached hydrogen (secondary N) is 1. The Bertz CT molecular complexity index is 269. The van der Waals surface area contributed by atoms with Gasteiger partial charge in [0.25, 0.3) is 0 Å². The quantitative estimate of drug-likeness (QED) is 0.728. The smallest absolute Gasteiger partial charge is 0.00940 e. The van der Waals surface area contributed by atoms with Crippen molar-refractivity contribution in [2.24, 2.45) is 11.8 Å². The van der Waals surface area contributed by atoms with E-state index in [4.69, 9.17) is 0 Å². The summed E-state index contributed by atoms with van der Waals surface area (Å²) in [5, 5.41) is 4.01. The molecule has 2 fully saturated rings. The van der Waals surface area contributed by atoms with Crippen molar-refractivity contribution in [2.75, 3.05) is 19.6 Å². The van der Waals surface area contributed by atoms with Crippen molar-refractivity contribution in [1.29, 1.82) is 0 Å². The molecule has 0 radical (unpaired) electrons. The molecule has 1 heterocycles. The number of nitrogens with zero attached hydrogens (tertiary/aromatic N) is 1. The van der Waals surface area contributed by atoms with Gasteiger partial charge in [0, 0.05) is 12.1 Å². The lowest BCUT2D eigenvalue weighted by molar-refractivity contribution is 0.186. The minimum atomic E-state index is 0.795. The topological polar surface area (TPSA) is 15.3 Å². The van der Waals surface area contributed by atoms with E-state index in [0.717, 1.165) is 23.9 Å². The molecule has 0 aromatic rings. The summed E-state index contributed by atoms with van der Waals surface area (Å²) in [6, 6.07) is 1.60. The molecule has 21 heavy (non-hydrogen) atoms. The second-order valence-corrected chi connectivity index (χ2v) is 7.85. The van der Waals surface area contributed by atoms with Crippen LogP contribution < -0.4 is 5.32 Å². The molecular weight excluding hydrogens is 256 g/mol. The van der Waals surface area contributed by atoms with Crippen molar-refractivity contribution in [3.05, 3.63) is 0 Å². The predicted molar refractivity (Wildman–Crippen MR) is 92.7 cm³/mol. The number of hydrogen-bond donors (Lipinski definition) is 1. The largest absolute Gasteiger partial charge is 0.311 e. The summed E-state index contributed by atoms with van der Waals surface area (Å²) in [4.78, 5) is 2.67. The highest BCUT2D eigenvalue weighted by molar-refractivity contribution is 4.83. The zero-order chi connectivity index (χ0) is 15.1. The number of likely N-dealkylation sites (tertiary alicyclic amines) is 1. The molecule has 2 nitrogen and oxygen atoms in total. The van der Waals surface area contributed by atoms with Crippen LogP contribution in [0.15, 0.2) is 0 Å². The zero-order valence-electron chi connectivity index (χ0n) is 14.7. The molecule has 0 amide bonds. The van der Waals surface area contributed by atoms with Gasteiger partial charge in [-0.2, -0.15) is 0 Å². The van der Waals surface area contributed by atoms with Crippen molar-refractivity contribution in [3.63, 3.8) is 0 Å². The molecule has 1 aliphatic carbocycles. The first-order valence-corrected chi connectivity index (χ1v) is 9.67. The van der Waals surface area contributed by atoms with Gasteiger partial charge in [-0.05, 0) is 70.0 Å². The third-order valence-electron chi connectivity index (χ3n) is 5.84. The summed E-state index contributed by atoms with van der Waals surface area (Å²) >= 11 is 0. The van der Waals surface area contributed by atoms with Crippen LogP contribution in [0, 0.1) is 11.8 Å². The molecule has 0 bridgehead atoms. The van der Waals surface area contributed by atoms with Crippen molar-refractivity contribution < 1.29 is 0 Å². The molecule has 2 aliphatic rings. The molecule has 124 valence electrons. The average molecular weight is 295 g/mol. The first-order chi connectivity index (χ1) is 10.2. The fraction of sp³-hybridized carbons (Fsp3) is 1.00. The standard InChI is InChI=1S/C19H38N2/c1-4-5-13-21-14-11-19(12-15-21)20-18-8-6-7-17(9-10-18)16(2)3/h16-20H,4-15H2,1-3H3. The van der Waals surface area contributed by atoms with Crippen LogP contribution in [-0.2, 0) is 0 Å². The van der Waals surface area contributed by atoms with Gasteiger partial charge in [0.2, 0.25) is 0 Å². The molecule has 2 heteroatoms. The molecule has 0 aromatic heterocycles. The van der Waals surface area contributed by atoms with Crippen LogP contribution >= 0.6 is 0 Å². The van der Waals surface area contributed by atoms with Gasteiger partial charge in [0.15, 0.2) is 0 Å². The van der Waals surface area contributed by atoms with Crippen LogP contribution in [0.25, 0.3) is 0 Å². The van der Waals surface area contributed by atoms with E-state index in [2.05, 4.69) is 31.0 Å². The van der Waals surface area contributed by atoms with E-state index in [1.54, 1.807) is 0 Å². The Balaban J connectivity index is 1.66. The van der Waals surface area contributed by atoms with E-state index < -0.39 is 0 Å². The maximum atomic E-state index is 4.01. The number of hydrogen-bond acceptors (Lipinski definition) is 2.